The largest absolute Gasteiger partial charge is 0.398 e. The first-order valence-corrected chi connectivity index (χ1v) is 6.12. The van der Waals surface area contributed by atoms with E-state index >= 15 is 0 Å². The SMILES string of the molecule is CC(O)CCN(C)c1ccc(N)c2cccnc12. The minimum absolute atomic E-state index is 0.291. The zero-order valence-electron chi connectivity index (χ0n) is 10.8. The molecule has 18 heavy (non-hydrogen) atoms. The summed E-state index contributed by atoms with van der Waals surface area (Å²) in [6.45, 7) is 2.58. The van der Waals surface area contributed by atoms with E-state index in [1.807, 2.05) is 31.3 Å². The Balaban J connectivity index is 2.36. The van der Waals surface area contributed by atoms with Gasteiger partial charge in [0.15, 0.2) is 0 Å². The quantitative estimate of drug-likeness (QED) is 0.809. The number of hydrogen-bond donors (Lipinski definition) is 2. The molecular weight excluding hydrogens is 226 g/mol. The van der Waals surface area contributed by atoms with Crippen molar-refractivity contribution >= 4 is 22.3 Å². The number of aliphatic hydroxyl groups excluding tert-OH is 1. The fourth-order valence-corrected chi connectivity index (χ4v) is 1.99. The molecule has 4 heteroatoms. The van der Waals surface area contributed by atoms with Crippen molar-refractivity contribution in [2.75, 3.05) is 24.2 Å². The Morgan fingerprint density at radius 1 is 1.39 bits per heavy atom. The molecule has 1 aromatic heterocycles. The molecule has 0 aliphatic heterocycles. The number of rotatable bonds is 4. The summed E-state index contributed by atoms with van der Waals surface area (Å²) < 4.78 is 0. The molecule has 0 saturated heterocycles. The van der Waals surface area contributed by atoms with Crippen LogP contribution in [0.15, 0.2) is 30.5 Å². The molecule has 1 unspecified atom stereocenters. The zero-order chi connectivity index (χ0) is 13.1. The second kappa shape index (κ2) is 5.23. The summed E-state index contributed by atoms with van der Waals surface area (Å²) in [6.07, 6.45) is 2.21. The summed E-state index contributed by atoms with van der Waals surface area (Å²) in [5, 5.41) is 10.3. The lowest BCUT2D eigenvalue weighted by atomic mass is 10.1. The van der Waals surface area contributed by atoms with E-state index in [9.17, 15) is 5.11 Å². The van der Waals surface area contributed by atoms with E-state index in [-0.39, 0.29) is 6.10 Å². The van der Waals surface area contributed by atoms with Gasteiger partial charge in [0.05, 0.1) is 17.3 Å². The minimum Gasteiger partial charge on any atom is -0.398 e. The van der Waals surface area contributed by atoms with Crippen LogP contribution in [-0.4, -0.2) is 29.8 Å². The molecule has 4 nitrogen and oxygen atoms in total. The summed E-state index contributed by atoms with van der Waals surface area (Å²) in [4.78, 5) is 6.50. The van der Waals surface area contributed by atoms with Gasteiger partial charge in [-0.2, -0.15) is 0 Å². The molecule has 2 aromatic rings. The van der Waals surface area contributed by atoms with Gasteiger partial charge in [-0.1, -0.05) is 0 Å². The molecule has 0 aliphatic carbocycles. The Morgan fingerprint density at radius 3 is 2.89 bits per heavy atom. The number of nitrogens with two attached hydrogens (primary N) is 1. The van der Waals surface area contributed by atoms with E-state index in [1.165, 1.54) is 0 Å². The van der Waals surface area contributed by atoms with Crippen molar-refractivity contribution in [2.45, 2.75) is 19.4 Å². The zero-order valence-corrected chi connectivity index (χ0v) is 10.8. The van der Waals surface area contributed by atoms with E-state index in [0.29, 0.717) is 0 Å². The van der Waals surface area contributed by atoms with E-state index in [2.05, 4.69) is 9.88 Å². The lowest BCUT2D eigenvalue weighted by molar-refractivity contribution is 0.187. The maximum atomic E-state index is 9.34. The van der Waals surface area contributed by atoms with Crippen LogP contribution in [0.3, 0.4) is 0 Å². The van der Waals surface area contributed by atoms with Gasteiger partial charge < -0.3 is 15.7 Å². The van der Waals surface area contributed by atoms with Crippen molar-refractivity contribution in [1.29, 1.82) is 0 Å². The Morgan fingerprint density at radius 2 is 2.17 bits per heavy atom. The smallest absolute Gasteiger partial charge is 0.0955 e. The van der Waals surface area contributed by atoms with Gasteiger partial charge in [-0.05, 0) is 37.6 Å². The highest BCUT2D eigenvalue weighted by atomic mass is 16.3. The number of nitrogens with zero attached hydrogens (tertiary/aromatic N) is 2. The Bertz CT molecular complexity index is 540. The Kier molecular flexibility index (Phi) is 3.67. The van der Waals surface area contributed by atoms with Crippen molar-refractivity contribution in [3.63, 3.8) is 0 Å². The minimum atomic E-state index is -0.291. The highest BCUT2D eigenvalue weighted by Crippen LogP contribution is 2.28. The predicted molar refractivity (Wildman–Crippen MR) is 75.7 cm³/mol. The molecule has 0 aliphatic rings. The summed E-state index contributed by atoms with van der Waals surface area (Å²) in [7, 11) is 2.00. The van der Waals surface area contributed by atoms with Gasteiger partial charge in [-0.3, -0.25) is 4.98 Å². The third-order valence-corrected chi connectivity index (χ3v) is 3.08. The molecule has 0 spiro atoms. The van der Waals surface area contributed by atoms with Crippen molar-refractivity contribution in [2.24, 2.45) is 0 Å². The molecule has 1 atom stereocenters. The molecule has 0 saturated carbocycles. The molecule has 0 bridgehead atoms. The monoisotopic (exact) mass is 245 g/mol. The maximum absolute atomic E-state index is 9.34. The molecule has 0 radical (unpaired) electrons. The second-order valence-electron chi connectivity index (χ2n) is 4.63. The van der Waals surface area contributed by atoms with Crippen molar-refractivity contribution in [3.05, 3.63) is 30.5 Å². The number of fused-ring (bicyclic) bond motifs is 1. The maximum Gasteiger partial charge on any atom is 0.0955 e. The molecule has 1 heterocycles. The predicted octanol–water partition coefficient (Wildman–Crippen LogP) is 2.02. The summed E-state index contributed by atoms with van der Waals surface area (Å²) in [5.41, 5.74) is 8.64. The number of anilines is 2. The number of pyridine rings is 1. The molecule has 96 valence electrons. The fraction of sp³-hybridized carbons (Fsp3) is 0.357. The Labute approximate surface area is 107 Å². The van der Waals surface area contributed by atoms with Crippen molar-refractivity contribution in [1.82, 2.24) is 4.98 Å². The van der Waals surface area contributed by atoms with E-state index < -0.39 is 0 Å². The van der Waals surface area contributed by atoms with Crippen LogP contribution in [0.5, 0.6) is 0 Å². The molecule has 1 aromatic carbocycles. The molecule has 2 rings (SSSR count). The van der Waals surface area contributed by atoms with Crippen molar-refractivity contribution in [3.8, 4) is 0 Å². The lowest BCUT2D eigenvalue weighted by Crippen LogP contribution is -2.22. The third kappa shape index (κ3) is 2.54. The van der Waals surface area contributed by atoms with E-state index in [4.69, 9.17) is 5.73 Å². The Hall–Kier alpha value is -1.81. The average molecular weight is 245 g/mol. The van der Waals surface area contributed by atoms with E-state index in [0.717, 1.165) is 35.2 Å². The summed E-state index contributed by atoms with van der Waals surface area (Å²) >= 11 is 0. The van der Waals surface area contributed by atoms with Gasteiger partial charge >= 0.3 is 0 Å². The van der Waals surface area contributed by atoms with Crippen LogP contribution in [0.1, 0.15) is 13.3 Å². The van der Waals surface area contributed by atoms with Crippen LogP contribution in [0.2, 0.25) is 0 Å². The van der Waals surface area contributed by atoms with Gasteiger partial charge in [0, 0.05) is 30.9 Å². The topological polar surface area (TPSA) is 62.4 Å². The second-order valence-corrected chi connectivity index (χ2v) is 4.63. The molecule has 3 N–H and O–H groups in total. The summed E-state index contributed by atoms with van der Waals surface area (Å²) in [6, 6.07) is 7.74. The number of nitrogen functional groups attached to an aromatic ring is 1. The van der Waals surface area contributed by atoms with Gasteiger partial charge in [0.1, 0.15) is 0 Å². The standard InChI is InChI=1S/C14H19N3O/c1-10(18)7-9-17(2)13-6-5-12(15)11-4-3-8-16-14(11)13/h3-6,8,10,18H,7,9,15H2,1-2H3. The number of benzene rings is 1. The molecular formula is C14H19N3O. The van der Waals surface area contributed by atoms with Crippen LogP contribution < -0.4 is 10.6 Å². The average Bonchev–Trinajstić information content (AvgIpc) is 2.37. The first-order valence-electron chi connectivity index (χ1n) is 6.12. The van der Waals surface area contributed by atoms with Gasteiger partial charge in [0.2, 0.25) is 0 Å². The molecule has 0 amide bonds. The normalized spacial score (nSPS) is 12.6. The molecule has 0 fully saturated rings. The van der Waals surface area contributed by atoms with Crippen LogP contribution in [0.4, 0.5) is 11.4 Å². The lowest BCUT2D eigenvalue weighted by Gasteiger charge is -2.21. The first kappa shape index (κ1) is 12.6. The van der Waals surface area contributed by atoms with Crippen LogP contribution >= 0.6 is 0 Å². The highest BCUT2D eigenvalue weighted by molar-refractivity contribution is 5.98. The van der Waals surface area contributed by atoms with Gasteiger partial charge in [0.25, 0.3) is 0 Å². The summed E-state index contributed by atoms with van der Waals surface area (Å²) in [5.74, 6) is 0. The van der Waals surface area contributed by atoms with Crippen molar-refractivity contribution < 1.29 is 5.11 Å². The number of aliphatic hydroxyl groups is 1. The van der Waals surface area contributed by atoms with Gasteiger partial charge in [-0.25, -0.2) is 0 Å². The van der Waals surface area contributed by atoms with Crippen LogP contribution in [-0.2, 0) is 0 Å². The fourth-order valence-electron chi connectivity index (χ4n) is 1.99. The first-order chi connectivity index (χ1) is 8.59. The third-order valence-electron chi connectivity index (χ3n) is 3.08. The van der Waals surface area contributed by atoms with E-state index in [1.54, 1.807) is 13.1 Å². The highest BCUT2D eigenvalue weighted by Gasteiger charge is 2.09. The number of hydrogen-bond acceptors (Lipinski definition) is 4. The van der Waals surface area contributed by atoms with Crippen LogP contribution in [0.25, 0.3) is 10.9 Å². The van der Waals surface area contributed by atoms with Crippen LogP contribution in [0, 0.1) is 0 Å². The van der Waals surface area contributed by atoms with Gasteiger partial charge in [-0.15, -0.1) is 0 Å². The number of aromatic nitrogens is 1.